The van der Waals surface area contributed by atoms with Crippen LogP contribution in [0.15, 0.2) is 0 Å². The van der Waals surface area contributed by atoms with Gasteiger partial charge in [-0.05, 0) is 26.5 Å². The quantitative estimate of drug-likeness (QED) is 0.763. The Balaban J connectivity index is 4.36. The van der Waals surface area contributed by atoms with Crippen molar-refractivity contribution in [2.75, 3.05) is 19.8 Å². The molecule has 0 spiro atoms. The zero-order valence-electron chi connectivity index (χ0n) is 11.1. The van der Waals surface area contributed by atoms with Gasteiger partial charge in [-0.2, -0.15) is 11.8 Å². The first-order chi connectivity index (χ1) is 7.75. The largest absolute Gasteiger partial charge is 0.480 e. The number of nitrogens with one attached hydrogen (secondary N) is 1. The summed E-state index contributed by atoms with van der Waals surface area (Å²) in [6.07, 6.45) is 2.37. The summed E-state index contributed by atoms with van der Waals surface area (Å²) < 4.78 is -0.0541. The molecule has 2 N–H and O–H groups in total. The van der Waals surface area contributed by atoms with Gasteiger partial charge in [-0.25, -0.2) is 9.59 Å². The number of hydrogen-bond acceptors (Lipinski definition) is 3. The van der Waals surface area contributed by atoms with E-state index in [0.717, 1.165) is 0 Å². The highest BCUT2D eigenvalue weighted by Gasteiger charge is 2.26. The highest BCUT2D eigenvalue weighted by Crippen LogP contribution is 2.19. The molecule has 0 saturated carbocycles. The molecule has 0 saturated heterocycles. The van der Waals surface area contributed by atoms with Gasteiger partial charge in [0.15, 0.2) is 0 Å². The lowest BCUT2D eigenvalue weighted by molar-refractivity contribution is -0.141. The van der Waals surface area contributed by atoms with Crippen molar-refractivity contribution in [1.29, 1.82) is 0 Å². The highest BCUT2D eigenvalue weighted by molar-refractivity contribution is 7.99. The second-order valence-electron chi connectivity index (χ2n) is 4.50. The summed E-state index contributed by atoms with van der Waals surface area (Å²) in [5.41, 5.74) is 0. The van der Waals surface area contributed by atoms with Gasteiger partial charge in [0.1, 0.15) is 6.04 Å². The third-order valence-corrected chi connectivity index (χ3v) is 3.93. The lowest BCUT2D eigenvalue weighted by atomic mass is 10.2. The molecule has 0 aromatic carbocycles. The van der Waals surface area contributed by atoms with Gasteiger partial charge in [0, 0.05) is 18.3 Å². The molecule has 6 heteroatoms. The molecule has 0 aliphatic rings. The van der Waals surface area contributed by atoms with Crippen LogP contribution in [0.2, 0.25) is 0 Å². The third-order valence-electron chi connectivity index (χ3n) is 2.68. The Morgan fingerprint density at radius 3 is 2.35 bits per heavy atom. The third kappa shape index (κ3) is 5.30. The van der Waals surface area contributed by atoms with Gasteiger partial charge in [0.05, 0.1) is 0 Å². The molecule has 0 radical (unpaired) electrons. The van der Waals surface area contributed by atoms with Gasteiger partial charge in [-0.15, -0.1) is 0 Å². The average molecular weight is 262 g/mol. The number of urea groups is 1. The van der Waals surface area contributed by atoms with E-state index in [1.165, 1.54) is 11.9 Å². The van der Waals surface area contributed by atoms with Crippen LogP contribution in [0.3, 0.4) is 0 Å². The van der Waals surface area contributed by atoms with E-state index in [4.69, 9.17) is 5.11 Å². The number of likely N-dealkylation sites (N-methyl/N-ethyl adjacent to an activating group) is 1. The number of carbonyl (C=O) groups excluding carboxylic acids is 1. The molecule has 1 unspecified atom stereocenters. The molecule has 5 nitrogen and oxygen atoms in total. The standard InChI is InChI=1S/C11H22N2O3S/c1-6-8(9(14)15)13(4)10(16)12-7-11(2,3)17-5/h8H,6-7H2,1-5H3,(H,12,16)(H,14,15). The monoisotopic (exact) mass is 262 g/mol. The van der Waals surface area contributed by atoms with Crippen LogP contribution in [0.25, 0.3) is 0 Å². The number of carbonyl (C=O) groups is 2. The molecule has 100 valence electrons. The minimum absolute atomic E-state index is 0.0541. The summed E-state index contributed by atoms with van der Waals surface area (Å²) in [5.74, 6) is -0.978. The Morgan fingerprint density at radius 1 is 1.47 bits per heavy atom. The van der Waals surface area contributed by atoms with Crippen molar-refractivity contribution in [3.63, 3.8) is 0 Å². The summed E-state index contributed by atoms with van der Waals surface area (Å²) in [6.45, 7) is 6.29. The van der Waals surface area contributed by atoms with Gasteiger partial charge in [-0.1, -0.05) is 6.92 Å². The maximum Gasteiger partial charge on any atom is 0.326 e. The molecule has 0 bridgehead atoms. The number of carboxylic acids is 1. The van der Waals surface area contributed by atoms with E-state index >= 15 is 0 Å². The summed E-state index contributed by atoms with van der Waals surface area (Å²) in [7, 11) is 1.50. The molecule has 0 heterocycles. The first kappa shape index (κ1) is 16.1. The fourth-order valence-corrected chi connectivity index (χ4v) is 1.46. The van der Waals surface area contributed by atoms with Crippen LogP contribution in [-0.2, 0) is 4.79 Å². The number of thioether (sulfide) groups is 1. The average Bonchev–Trinajstić information content (AvgIpc) is 2.26. The van der Waals surface area contributed by atoms with Crippen LogP contribution in [-0.4, -0.2) is 52.6 Å². The maximum absolute atomic E-state index is 11.8. The van der Waals surface area contributed by atoms with Crippen molar-refractivity contribution in [3.8, 4) is 0 Å². The number of rotatable bonds is 6. The van der Waals surface area contributed by atoms with Crippen LogP contribution in [0, 0.1) is 0 Å². The number of aliphatic carboxylic acids is 1. The van der Waals surface area contributed by atoms with E-state index in [1.54, 1.807) is 18.7 Å². The van der Waals surface area contributed by atoms with E-state index < -0.39 is 12.0 Å². The van der Waals surface area contributed by atoms with Crippen LogP contribution in [0.5, 0.6) is 0 Å². The lowest BCUT2D eigenvalue weighted by Gasteiger charge is -2.27. The zero-order chi connectivity index (χ0) is 13.6. The molecule has 0 aromatic heterocycles. The van der Waals surface area contributed by atoms with Crippen molar-refractivity contribution >= 4 is 23.8 Å². The Bertz CT molecular complexity index is 282. The number of nitrogens with zero attached hydrogens (tertiary/aromatic N) is 1. The zero-order valence-corrected chi connectivity index (χ0v) is 11.9. The van der Waals surface area contributed by atoms with Gasteiger partial charge in [0.25, 0.3) is 0 Å². The van der Waals surface area contributed by atoms with Crippen LogP contribution < -0.4 is 5.32 Å². The second-order valence-corrected chi connectivity index (χ2v) is 6.01. The molecule has 1 atom stereocenters. The fraction of sp³-hybridized carbons (Fsp3) is 0.818. The predicted molar refractivity (Wildman–Crippen MR) is 70.5 cm³/mol. The Hall–Kier alpha value is -0.910. The van der Waals surface area contributed by atoms with Crippen LogP contribution in [0.4, 0.5) is 4.79 Å². The number of carboxylic acid groups (broad SMARTS) is 1. The van der Waals surface area contributed by atoms with Crippen molar-refractivity contribution in [2.24, 2.45) is 0 Å². The highest BCUT2D eigenvalue weighted by atomic mass is 32.2. The van der Waals surface area contributed by atoms with E-state index in [-0.39, 0.29) is 10.8 Å². The molecular weight excluding hydrogens is 240 g/mol. The Morgan fingerprint density at radius 2 is 2.00 bits per heavy atom. The molecular formula is C11H22N2O3S. The summed E-state index contributed by atoms with van der Waals surface area (Å²) >= 11 is 1.65. The lowest BCUT2D eigenvalue weighted by Crippen LogP contribution is -2.49. The number of hydrogen-bond donors (Lipinski definition) is 2. The number of amides is 2. The van der Waals surface area contributed by atoms with Crippen molar-refractivity contribution < 1.29 is 14.7 Å². The van der Waals surface area contributed by atoms with E-state index in [2.05, 4.69) is 5.32 Å². The van der Waals surface area contributed by atoms with Gasteiger partial charge in [-0.3, -0.25) is 0 Å². The Labute approximate surface area is 107 Å². The minimum atomic E-state index is -0.978. The van der Waals surface area contributed by atoms with E-state index in [1.807, 2.05) is 20.1 Å². The SMILES string of the molecule is CCC(C(=O)O)N(C)C(=O)NCC(C)(C)SC. The van der Waals surface area contributed by atoms with Crippen LogP contribution in [0.1, 0.15) is 27.2 Å². The molecule has 0 aliphatic carbocycles. The first-order valence-electron chi connectivity index (χ1n) is 5.53. The van der Waals surface area contributed by atoms with Crippen molar-refractivity contribution in [1.82, 2.24) is 10.2 Å². The second kappa shape index (κ2) is 6.74. The van der Waals surface area contributed by atoms with E-state index in [9.17, 15) is 9.59 Å². The minimum Gasteiger partial charge on any atom is -0.480 e. The summed E-state index contributed by atoms with van der Waals surface area (Å²) in [5, 5.41) is 11.7. The smallest absolute Gasteiger partial charge is 0.326 e. The van der Waals surface area contributed by atoms with Gasteiger partial charge in [0.2, 0.25) is 0 Å². The fourth-order valence-electron chi connectivity index (χ4n) is 1.24. The summed E-state index contributed by atoms with van der Waals surface area (Å²) in [4.78, 5) is 23.9. The van der Waals surface area contributed by atoms with E-state index in [0.29, 0.717) is 13.0 Å². The maximum atomic E-state index is 11.8. The first-order valence-corrected chi connectivity index (χ1v) is 6.76. The van der Waals surface area contributed by atoms with Crippen molar-refractivity contribution in [2.45, 2.75) is 38.0 Å². The Kier molecular flexibility index (Phi) is 6.37. The van der Waals surface area contributed by atoms with Crippen molar-refractivity contribution in [3.05, 3.63) is 0 Å². The van der Waals surface area contributed by atoms with Crippen LogP contribution >= 0.6 is 11.8 Å². The topological polar surface area (TPSA) is 69.6 Å². The van der Waals surface area contributed by atoms with Gasteiger partial charge >= 0.3 is 12.0 Å². The molecule has 2 amide bonds. The molecule has 0 fully saturated rings. The summed E-state index contributed by atoms with van der Waals surface area (Å²) in [6, 6.07) is -1.12. The normalized spacial score (nSPS) is 13.0. The molecule has 17 heavy (non-hydrogen) atoms. The molecule has 0 rings (SSSR count). The predicted octanol–water partition coefficient (Wildman–Crippen LogP) is 1.63. The molecule has 0 aliphatic heterocycles. The molecule has 0 aromatic rings. The van der Waals surface area contributed by atoms with Gasteiger partial charge < -0.3 is 15.3 Å².